The highest BCUT2D eigenvalue weighted by Crippen LogP contribution is 2.05. The van der Waals surface area contributed by atoms with Crippen LogP contribution in [0, 0.1) is 0 Å². The smallest absolute Gasteiger partial charge is 0.226 e. The predicted octanol–water partition coefficient (Wildman–Crippen LogP) is 1.52. The molecular formula is C14H14N4O. The first kappa shape index (κ1) is 11.5. The summed E-state index contributed by atoms with van der Waals surface area (Å²) in [6.45, 7) is 0.537. The number of pyridine rings is 1. The van der Waals surface area contributed by atoms with Crippen LogP contribution < -0.4 is 5.32 Å². The third-order valence-corrected chi connectivity index (χ3v) is 2.91. The lowest BCUT2D eigenvalue weighted by Gasteiger charge is -2.01. The summed E-state index contributed by atoms with van der Waals surface area (Å²) in [7, 11) is 0. The molecular weight excluding hydrogens is 240 g/mol. The monoisotopic (exact) mass is 254 g/mol. The van der Waals surface area contributed by atoms with E-state index in [1.165, 1.54) is 0 Å². The number of hydrogen-bond donors (Lipinski definition) is 2. The van der Waals surface area contributed by atoms with E-state index in [1.54, 1.807) is 0 Å². The molecule has 0 bridgehead atoms. The number of carbonyl (C=O) groups excluding carboxylic acids is 1. The molecule has 0 saturated carbocycles. The summed E-state index contributed by atoms with van der Waals surface area (Å²) in [5, 5.41) is 2.87. The lowest BCUT2D eigenvalue weighted by atomic mass is 10.3. The van der Waals surface area contributed by atoms with Gasteiger partial charge in [0.1, 0.15) is 5.65 Å². The Labute approximate surface area is 110 Å². The molecule has 0 saturated heterocycles. The number of carbonyl (C=O) groups is 1. The third-order valence-electron chi connectivity index (χ3n) is 2.91. The van der Waals surface area contributed by atoms with E-state index in [9.17, 15) is 4.79 Å². The quantitative estimate of drug-likeness (QED) is 0.741. The molecule has 2 N–H and O–H groups in total. The van der Waals surface area contributed by atoms with E-state index < -0.39 is 0 Å². The summed E-state index contributed by atoms with van der Waals surface area (Å²) in [6.07, 6.45) is 7.80. The molecule has 0 radical (unpaired) electrons. The number of amides is 1. The summed E-state index contributed by atoms with van der Waals surface area (Å²) in [5.41, 5.74) is 2.69. The molecule has 1 amide bonds. The van der Waals surface area contributed by atoms with Crippen molar-refractivity contribution in [2.24, 2.45) is 0 Å². The summed E-state index contributed by atoms with van der Waals surface area (Å²) in [4.78, 5) is 19.2. The molecule has 3 aromatic rings. The second-order valence-electron chi connectivity index (χ2n) is 4.37. The Balaban J connectivity index is 1.62. The molecule has 5 nitrogen and oxygen atoms in total. The summed E-state index contributed by atoms with van der Waals surface area (Å²) in [5.74, 6) is -0.0235. The van der Waals surface area contributed by atoms with Gasteiger partial charge in [-0.05, 0) is 23.8 Å². The van der Waals surface area contributed by atoms with Crippen molar-refractivity contribution in [1.82, 2.24) is 19.7 Å². The van der Waals surface area contributed by atoms with E-state index in [0.717, 1.165) is 16.9 Å². The maximum absolute atomic E-state index is 11.8. The van der Waals surface area contributed by atoms with Gasteiger partial charge in [0.25, 0.3) is 0 Å². The van der Waals surface area contributed by atoms with Crippen molar-refractivity contribution >= 4 is 11.6 Å². The lowest BCUT2D eigenvalue weighted by molar-refractivity contribution is -0.120. The van der Waals surface area contributed by atoms with Crippen LogP contribution in [-0.2, 0) is 17.8 Å². The number of aromatic amines is 1. The fraction of sp³-hybridized carbons (Fsp3) is 0.143. The number of rotatable bonds is 4. The van der Waals surface area contributed by atoms with Gasteiger partial charge in [0.15, 0.2) is 0 Å². The molecule has 0 fully saturated rings. The van der Waals surface area contributed by atoms with Crippen molar-refractivity contribution in [2.75, 3.05) is 0 Å². The minimum absolute atomic E-state index is 0.0235. The van der Waals surface area contributed by atoms with Crippen molar-refractivity contribution in [3.8, 4) is 0 Å². The summed E-state index contributed by atoms with van der Waals surface area (Å²) in [6, 6.07) is 7.72. The average molecular weight is 254 g/mol. The Morgan fingerprint density at radius 3 is 3.11 bits per heavy atom. The molecule has 3 aromatic heterocycles. The van der Waals surface area contributed by atoms with Gasteiger partial charge in [-0.25, -0.2) is 4.98 Å². The Kier molecular flexibility index (Phi) is 3.02. The van der Waals surface area contributed by atoms with Crippen molar-refractivity contribution in [3.05, 3.63) is 60.3 Å². The highest BCUT2D eigenvalue weighted by atomic mass is 16.1. The van der Waals surface area contributed by atoms with Gasteiger partial charge < -0.3 is 14.7 Å². The van der Waals surface area contributed by atoms with Gasteiger partial charge in [-0.15, -0.1) is 0 Å². The van der Waals surface area contributed by atoms with Crippen LogP contribution in [0.4, 0.5) is 0 Å². The molecule has 5 heteroatoms. The first-order valence-electron chi connectivity index (χ1n) is 6.12. The fourth-order valence-corrected chi connectivity index (χ4v) is 1.97. The number of aromatic nitrogens is 3. The van der Waals surface area contributed by atoms with E-state index >= 15 is 0 Å². The first-order chi connectivity index (χ1) is 9.31. The van der Waals surface area contributed by atoms with Crippen LogP contribution in [0.3, 0.4) is 0 Å². The van der Waals surface area contributed by atoms with Gasteiger partial charge in [0.2, 0.25) is 5.91 Å². The molecule has 0 spiro atoms. The van der Waals surface area contributed by atoms with Gasteiger partial charge in [-0.1, -0.05) is 6.07 Å². The normalized spacial score (nSPS) is 10.7. The number of nitrogens with one attached hydrogen (secondary N) is 2. The summed E-state index contributed by atoms with van der Waals surface area (Å²) >= 11 is 0. The molecule has 0 aromatic carbocycles. The zero-order valence-electron chi connectivity index (χ0n) is 10.3. The van der Waals surface area contributed by atoms with E-state index in [4.69, 9.17) is 0 Å². The molecule has 0 aliphatic rings. The van der Waals surface area contributed by atoms with Crippen molar-refractivity contribution in [1.29, 1.82) is 0 Å². The van der Waals surface area contributed by atoms with Gasteiger partial charge in [0.05, 0.1) is 12.1 Å². The van der Waals surface area contributed by atoms with E-state index in [1.807, 2.05) is 53.5 Å². The Morgan fingerprint density at radius 1 is 1.37 bits per heavy atom. The maximum Gasteiger partial charge on any atom is 0.226 e. The second-order valence-corrected chi connectivity index (χ2v) is 4.37. The number of imidazole rings is 1. The molecule has 19 heavy (non-hydrogen) atoms. The molecule has 96 valence electrons. The number of H-pyrrole nitrogens is 1. The zero-order chi connectivity index (χ0) is 13.1. The van der Waals surface area contributed by atoms with Crippen molar-refractivity contribution < 1.29 is 4.79 Å². The minimum atomic E-state index is -0.0235. The molecule has 0 unspecified atom stereocenters. The lowest BCUT2D eigenvalue weighted by Crippen LogP contribution is -2.24. The molecule has 3 rings (SSSR count). The zero-order valence-corrected chi connectivity index (χ0v) is 10.3. The second kappa shape index (κ2) is 4.97. The Bertz CT molecular complexity index is 651. The molecule has 3 heterocycles. The first-order valence-corrected chi connectivity index (χ1v) is 6.12. The molecule has 0 atom stereocenters. The van der Waals surface area contributed by atoms with Crippen LogP contribution in [0.15, 0.2) is 49.1 Å². The van der Waals surface area contributed by atoms with Crippen LogP contribution in [0.1, 0.15) is 11.3 Å². The van der Waals surface area contributed by atoms with Gasteiger partial charge >= 0.3 is 0 Å². The van der Waals surface area contributed by atoms with Crippen LogP contribution >= 0.6 is 0 Å². The van der Waals surface area contributed by atoms with E-state index in [0.29, 0.717) is 13.0 Å². The van der Waals surface area contributed by atoms with Crippen molar-refractivity contribution in [2.45, 2.75) is 13.0 Å². The van der Waals surface area contributed by atoms with Crippen LogP contribution in [0.2, 0.25) is 0 Å². The van der Waals surface area contributed by atoms with Gasteiger partial charge in [-0.3, -0.25) is 4.79 Å². The maximum atomic E-state index is 11.8. The third kappa shape index (κ3) is 2.65. The van der Waals surface area contributed by atoms with Crippen molar-refractivity contribution in [3.63, 3.8) is 0 Å². The minimum Gasteiger partial charge on any atom is -0.367 e. The number of fused-ring (bicyclic) bond motifs is 1. The molecule has 0 aliphatic heterocycles. The number of hydrogen-bond acceptors (Lipinski definition) is 2. The molecule has 0 aliphatic carbocycles. The van der Waals surface area contributed by atoms with Crippen LogP contribution in [0.5, 0.6) is 0 Å². The van der Waals surface area contributed by atoms with Gasteiger partial charge in [0, 0.05) is 31.3 Å². The topological polar surface area (TPSA) is 62.2 Å². The van der Waals surface area contributed by atoms with Gasteiger partial charge in [-0.2, -0.15) is 0 Å². The largest absolute Gasteiger partial charge is 0.367 e. The highest BCUT2D eigenvalue weighted by Gasteiger charge is 2.07. The fourth-order valence-electron chi connectivity index (χ4n) is 1.97. The Morgan fingerprint density at radius 2 is 2.32 bits per heavy atom. The summed E-state index contributed by atoms with van der Waals surface area (Å²) < 4.78 is 1.91. The van der Waals surface area contributed by atoms with Crippen LogP contribution in [0.25, 0.3) is 5.65 Å². The van der Waals surface area contributed by atoms with E-state index in [2.05, 4.69) is 15.3 Å². The van der Waals surface area contributed by atoms with E-state index in [-0.39, 0.29) is 5.91 Å². The van der Waals surface area contributed by atoms with Crippen LogP contribution in [-0.4, -0.2) is 20.3 Å². The Hall–Kier alpha value is -2.56. The number of nitrogens with zero attached hydrogens (tertiary/aromatic N) is 2. The standard InChI is InChI=1S/C14H14N4O/c19-14(16-9-11-4-5-15-8-11)7-12-10-18-6-2-1-3-13(18)17-12/h1-6,8,10,15H,7,9H2,(H,16,19). The highest BCUT2D eigenvalue weighted by molar-refractivity contribution is 5.78. The average Bonchev–Trinajstić information content (AvgIpc) is 3.04. The SMILES string of the molecule is O=C(Cc1cn2ccccc2n1)NCc1cc[nH]c1. The predicted molar refractivity (Wildman–Crippen MR) is 71.5 cm³/mol.